The Kier molecular flexibility index (Phi) is 6.92. The van der Waals surface area contributed by atoms with E-state index < -0.39 is 9.84 Å². The van der Waals surface area contributed by atoms with Gasteiger partial charge in [0.15, 0.2) is 9.84 Å². The molecule has 3 heterocycles. The number of sulfone groups is 1. The molecule has 170 valence electrons. The summed E-state index contributed by atoms with van der Waals surface area (Å²) in [5.74, 6) is 2.20. The summed E-state index contributed by atoms with van der Waals surface area (Å²) in [6.45, 7) is 0.332. The van der Waals surface area contributed by atoms with Crippen LogP contribution in [0.15, 0.2) is 50.5 Å². The Bertz CT molecular complexity index is 1190. The molecule has 1 aromatic carbocycles. The van der Waals surface area contributed by atoms with Crippen LogP contribution in [-0.4, -0.2) is 53.7 Å². The highest BCUT2D eigenvalue weighted by atomic mass is 35.5. The molecule has 0 aliphatic carbocycles. The molecule has 0 saturated carbocycles. The Balaban J connectivity index is 1.26. The number of carbonyl (C=O) groups excluding carboxylic acids is 1. The number of benzene rings is 1. The van der Waals surface area contributed by atoms with Crippen LogP contribution in [0.25, 0.3) is 11.3 Å². The van der Waals surface area contributed by atoms with E-state index in [1.54, 1.807) is 24.1 Å². The number of nitrogens with zero attached hydrogens (tertiary/aromatic N) is 3. The van der Waals surface area contributed by atoms with Gasteiger partial charge in [0.1, 0.15) is 11.5 Å². The topological polar surface area (TPSA) is 107 Å². The predicted molar refractivity (Wildman–Crippen MR) is 121 cm³/mol. The molecular weight excluding hydrogens is 474 g/mol. The van der Waals surface area contributed by atoms with Crippen molar-refractivity contribution in [1.29, 1.82) is 0 Å². The van der Waals surface area contributed by atoms with E-state index in [0.717, 1.165) is 17.3 Å². The standard InChI is InChI=1S/C21H22ClN3O5S2/c1-25(11-17-6-7-18(29-17)15-2-4-16(22)5-3-15)20(26)12-31-21-24-23-19(30-21)10-14-8-9-32(27,28)13-14/h2-7,14H,8-13H2,1H3/t14-/m0/s1. The summed E-state index contributed by atoms with van der Waals surface area (Å²) < 4.78 is 34.6. The number of hydrogen-bond donors (Lipinski definition) is 0. The molecule has 4 rings (SSSR count). The molecule has 1 saturated heterocycles. The molecule has 1 atom stereocenters. The summed E-state index contributed by atoms with van der Waals surface area (Å²) in [6, 6.07) is 11.0. The van der Waals surface area contributed by atoms with Crippen LogP contribution in [0, 0.1) is 5.92 Å². The third-order valence-electron chi connectivity index (χ3n) is 5.17. The van der Waals surface area contributed by atoms with Crippen molar-refractivity contribution in [2.45, 2.75) is 24.6 Å². The van der Waals surface area contributed by atoms with Gasteiger partial charge in [-0.3, -0.25) is 4.79 Å². The lowest BCUT2D eigenvalue weighted by molar-refractivity contribution is -0.127. The van der Waals surface area contributed by atoms with E-state index in [0.29, 0.717) is 47.0 Å². The number of hydrogen-bond acceptors (Lipinski definition) is 8. The fourth-order valence-corrected chi connectivity index (χ4v) is 6.16. The second kappa shape index (κ2) is 9.68. The Morgan fingerprint density at radius 3 is 2.69 bits per heavy atom. The van der Waals surface area contributed by atoms with Gasteiger partial charge in [0.05, 0.1) is 23.8 Å². The molecule has 0 radical (unpaired) electrons. The normalized spacial score (nSPS) is 17.5. The summed E-state index contributed by atoms with van der Waals surface area (Å²) in [7, 11) is -1.24. The van der Waals surface area contributed by atoms with E-state index in [2.05, 4.69) is 10.2 Å². The second-order valence-corrected chi connectivity index (χ2v) is 11.3. The minimum absolute atomic E-state index is 0.0112. The van der Waals surface area contributed by atoms with Crippen molar-refractivity contribution < 1.29 is 22.0 Å². The van der Waals surface area contributed by atoms with Crippen LogP contribution in [0.5, 0.6) is 0 Å². The van der Waals surface area contributed by atoms with Crippen molar-refractivity contribution >= 4 is 39.1 Å². The van der Waals surface area contributed by atoms with Gasteiger partial charge in [-0.25, -0.2) is 8.42 Å². The van der Waals surface area contributed by atoms with Crippen molar-refractivity contribution in [2.75, 3.05) is 24.3 Å². The average molecular weight is 496 g/mol. The first-order valence-corrected chi connectivity index (χ1v) is 13.2. The largest absolute Gasteiger partial charge is 0.459 e. The molecule has 0 unspecified atom stereocenters. The number of furan rings is 1. The summed E-state index contributed by atoms with van der Waals surface area (Å²) in [5, 5.41) is 8.88. The molecule has 11 heteroatoms. The summed E-state index contributed by atoms with van der Waals surface area (Å²) >= 11 is 7.07. The minimum atomic E-state index is -2.94. The quantitative estimate of drug-likeness (QED) is 0.435. The number of amides is 1. The van der Waals surface area contributed by atoms with Crippen LogP contribution < -0.4 is 0 Å². The van der Waals surface area contributed by atoms with Crippen LogP contribution in [0.1, 0.15) is 18.1 Å². The van der Waals surface area contributed by atoms with Crippen LogP contribution >= 0.6 is 23.4 Å². The van der Waals surface area contributed by atoms with E-state index in [1.807, 2.05) is 24.3 Å². The average Bonchev–Trinajstić information content (AvgIpc) is 3.47. The van der Waals surface area contributed by atoms with Crippen molar-refractivity contribution in [3.63, 3.8) is 0 Å². The van der Waals surface area contributed by atoms with Crippen LogP contribution in [-0.2, 0) is 27.6 Å². The predicted octanol–water partition coefficient (Wildman–Crippen LogP) is 3.71. The molecule has 2 aromatic heterocycles. The SMILES string of the molecule is CN(Cc1ccc(-c2ccc(Cl)cc2)o1)C(=O)CSc1nnc(C[C@@H]2CCS(=O)(=O)C2)o1. The monoisotopic (exact) mass is 495 g/mol. The lowest BCUT2D eigenvalue weighted by atomic mass is 10.1. The van der Waals surface area contributed by atoms with Gasteiger partial charge in [-0.15, -0.1) is 10.2 Å². The van der Waals surface area contributed by atoms with Gasteiger partial charge in [-0.1, -0.05) is 23.4 Å². The van der Waals surface area contributed by atoms with E-state index in [4.69, 9.17) is 20.4 Å². The molecule has 0 N–H and O–H groups in total. The number of carbonyl (C=O) groups is 1. The van der Waals surface area contributed by atoms with Gasteiger partial charge in [-0.2, -0.15) is 0 Å². The van der Waals surface area contributed by atoms with Gasteiger partial charge >= 0.3 is 0 Å². The molecule has 1 aliphatic heterocycles. The van der Waals surface area contributed by atoms with Crippen molar-refractivity contribution in [2.24, 2.45) is 5.92 Å². The smallest absolute Gasteiger partial charge is 0.277 e. The van der Waals surface area contributed by atoms with Crippen molar-refractivity contribution in [3.8, 4) is 11.3 Å². The lowest BCUT2D eigenvalue weighted by Crippen LogP contribution is -2.27. The zero-order valence-electron chi connectivity index (χ0n) is 17.4. The summed E-state index contributed by atoms with van der Waals surface area (Å²) in [6.07, 6.45) is 1.05. The molecule has 1 amide bonds. The summed E-state index contributed by atoms with van der Waals surface area (Å²) in [5.41, 5.74) is 0.910. The highest BCUT2D eigenvalue weighted by Gasteiger charge is 2.29. The number of aromatic nitrogens is 2. The Morgan fingerprint density at radius 2 is 1.97 bits per heavy atom. The zero-order valence-corrected chi connectivity index (χ0v) is 19.8. The fraction of sp³-hybridized carbons (Fsp3) is 0.381. The van der Waals surface area contributed by atoms with Crippen LogP contribution in [0.3, 0.4) is 0 Å². The van der Waals surface area contributed by atoms with E-state index >= 15 is 0 Å². The maximum absolute atomic E-state index is 12.5. The molecule has 1 aliphatic rings. The maximum atomic E-state index is 12.5. The summed E-state index contributed by atoms with van der Waals surface area (Å²) in [4.78, 5) is 14.1. The highest BCUT2D eigenvalue weighted by Crippen LogP contribution is 2.26. The lowest BCUT2D eigenvalue weighted by Gasteiger charge is -2.14. The first-order chi connectivity index (χ1) is 15.3. The van der Waals surface area contributed by atoms with Crippen LogP contribution in [0.4, 0.5) is 0 Å². The van der Waals surface area contributed by atoms with Gasteiger partial charge in [-0.05, 0) is 48.7 Å². The Morgan fingerprint density at radius 1 is 1.19 bits per heavy atom. The first kappa shape index (κ1) is 22.9. The van der Waals surface area contributed by atoms with E-state index in [-0.39, 0.29) is 29.1 Å². The molecule has 3 aromatic rings. The maximum Gasteiger partial charge on any atom is 0.277 e. The van der Waals surface area contributed by atoms with Crippen LogP contribution in [0.2, 0.25) is 5.02 Å². The molecule has 8 nitrogen and oxygen atoms in total. The molecule has 1 fully saturated rings. The number of thioether (sulfide) groups is 1. The number of halogens is 1. The minimum Gasteiger partial charge on any atom is -0.459 e. The van der Waals surface area contributed by atoms with E-state index in [9.17, 15) is 13.2 Å². The molecule has 32 heavy (non-hydrogen) atoms. The third-order valence-corrected chi connectivity index (χ3v) is 8.06. The molecule has 0 bridgehead atoms. The number of rotatable bonds is 8. The Hall–Kier alpha value is -2.30. The van der Waals surface area contributed by atoms with E-state index in [1.165, 1.54) is 0 Å². The zero-order chi connectivity index (χ0) is 22.7. The van der Waals surface area contributed by atoms with Crippen molar-refractivity contribution in [1.82, 2.24) is 15.1 Å². The Labute approximate surface area is 195 Å². The second-order valence-electron chi connectivity index (χ2n) is 7.75. The molecular formula is C21H22ClN3O5S2. The van der Waals surface area contributed by atoms with Gasteiger partial charge in [0, 0.05) is 24.1 Å². The first-order valence-electron chi connectivity index (χ1n) is 10.0. The highest BCUT2D eigenvalue weighted by molar-refractivity contribution is 7.99. The molecule has 0 spiro atoms. The van der Waals surface area contributed by atoms with Gasteiger partial charge in [0.25, 0.3) is 5.22 Å². The third kappa shape index (κ3) is 5.93. The van der Waals surface area contributed by atoms with Gasteiger partial charge in [0.2, 0.25) is 11.8 Å². The van der Waals surface area contributed by atoms with Crippen molar-refractivity contribution in [3.05, 3.63) is 53.1 Å². The van der Waals surface area contributed by atoms with Gasteiger partial charge < -0.3 is 13.7 Å². The fourth-order valence-electron chi connectivity index (χ4n) is 3.45.